The van der Waals surface area contributed by atoms with Gasteiger partial charge in [0.2, 0.25) is 6.79 Å². The maximum Gasteiger partial charge on any atom is 0.231 e. The normalized spacial score (nSPS) is 12.9. The SMILES string of the molecule is Cc1cscc1CNCc1cccc2c1OCO2. The van der Waals surface area contributed by atoms with Crippen LogP contribution in [0.3, 0.4) is 0 Å². The third-order valence-corrected chi connectivity index (χ3v) is 3.98. The van der Waals surface area contributed by atoms with Crippen LogP contribution in [0, 0.1) is 6.92 Å². The van der Waals surface area contributed by atoms with Gasteiger partial charge in [0.25, 0.3) is 0 Å². The van der Waals surface area contributed by atoms with Crippen molar-refractivity contribution in [2.75, 3.05) is 6.79 Å². The van der Waals surface area contributed by atoms with Crippen LogP contribution in [-0.4, -0.2) is 6.79 Å². The number of benzene rings is 1. The highest BCUT2D eigenvalue weighted by Crippen LogP contribution is 2.35. The molecular formula is C14H15NO2S. The van der Waals surface area contributed by atoms with Gasteiger partial charge in [0.1, 0.15) is 0 Å². The van der Waals surface area contributed by atoms with Crippen molar-refractivity contribution < 1.29 is 9.47 Å². The number of hydrogen-bond donors (Lipinski definition) is 1. The molecular weight excluding hydrogens is 246 g/mol. The molecule has 0 saturated heterocycles. The summed E-state index contributed by atoms with van der Waals surface area (Å²) in [5, 5.41) is 7.81. The van der Waals surface area contributed by atoms with Crippen LogP contribution in [0.4, 0.5) is 0 Å². The highest BCUT2D eigenvalue weighted by atomic mass is 32.1. The number of para-hydroxylation sites is 1. The number of nitrogens with one attached hydrogen (secondary N) is 1. The van der Waals surface area contributed by atoms with E-state index in [-0.39, 0.29) is 0 Å². The fraction of sp³-hybridized carbons (Fsp3) is 0.286. The Morgan fingerprint density at radius 1 is 1.17 bits per heavy atom. The van der Waals surface area contributed by atoms with E-state index in [4.69, 9.17) is 9.47 Å². The van der Waals surface area contributed by atoms with E-state index in [1.165, 1.54) is 11.1 Å². The fourth-order valence-electron chi connectivity index (χ4n) is 2.03. The lowest BCUT2D eigenvalue weighted by atomic mass is 10.1. The van der Waals surface area contributed by atoms with E-state index in [9.17, 15) is 0 Å². The summed E-state index contributed by atoms with van der Waals surface area (Å²) >= 11 is 1.75. The number of fused-ring (bicyclic) bond motifs is 1. The van der Waals surface area contributed by atoms with Crippen molar-refractivity contribution in [3.63, 3.8) is 0 Å². The second kappa shape index (κ2) is 5.00. The Labute approximate surface area is 110 Å². The molecule has 0 unspecified atom stereocenters. The maximum atomic E-state index is 5.48. The average molecular weight is 261 g/mol. The lowest BCUT2D eigenvalue weighted by Gasteiger charge is -2.07. The van der Waals surface area contributed by atoms with Gasteiger partial charge in [0.05, 0.1) is 0 Å². The lowest BCUT2D eigenvalue weighted by Crippen LogP contribution is -2.13. The molecule has 0 amide bonds. The van der Waals surface area contributed by atoms with Crippen LogP contribution in [0.25, 0.3) is 0 Å². The molecule has 94 valence electrons. The van der Waals surface area contributed by atoms with Crippen molar-refractivity contribution in [2.24, 2.45) is 0 Å². The Balaban J connectivity index is 1.64. The molecule has 0 saturated carbocycles. The van der Waals surface area contributed by atoms with Gasteiger partial charge in [-0.05, 0) is 34.9 Å². The van der Waals surface area contributed by atoms with E-state index in [1.807, 2.05) is 12.1 Å². The molecule has 0 aliphatic carbocycles. The molecule has 0 radical (unpaired) electrons. The minimum absolute atomic E-state index is 0.329. The molecule has 0 spiro atoms. The molecule has 2 aromatic rings. The first kappa shape index (κ1) is 11.6. The Morgan fingerprint density at radius 3 is 2.89 bits per heavy atom. The van der Waals surface area contributed by atoms with Crippen molar-refractivity contribution in [3.8, 4) is 11.5 Å². The second-order valence-electron chi connectivity index (χ2n) is 4.33. The molecule has 2 heterocycles. The first-order valence-corrected chi connectivity index (χ1v) is 6.89. The molecule has 4 heteroatoms. The molecule has 0 bridgehead atoms. The van der Waals surface area contributed by atoms with Gasteiger partial charge in [0, 0.05) is 18.7 Å². The van der Waals surface area contributed by atoms with E-state index in [0.29, 0.717) is 6.79 Å². The van der Waals surface area contributed by atoms with Gasteiger partial charge in [-0.25, -0.2) is 0 Å². The summed E-state index contributed by atoms with van der Waals surface area (Å²) < 4.78 is 10.8. The Kier molecular flexibility index (Phi) is 3.21. The minimum Gasteiger partial charge on any atom is -0.454 e. The van der Waals surface area contributed by atoms with Gasteiger partial charge in [-0.1, -0.05) is 12.1 Å². The summed E-state index contributed by atoms with van der Waals surface area (Å²) in [5.41, 5.74) is 3.87. The van der Waals surface area contributed by atoms with Crippen molar-refractivity contribution >= 4 is 11.3 Å². The molecule has 1 N–H and O–H groups in total. The number of hydrogen-bond acceptors (Lipinski definition) is 4. The van der Waals surface area contributed by atoms with E-state index in [1.54, 1.807) is 11.3 Å². The number of thiophene rings is 1. The summed E-state index contributed by atoms with van der Waals surface area (Å²) in [4.78, 5) is 0. The molecule has 3 rings (SSSR count). The maximum absolute atomic E-state index is 5.48. The quantitative estimate of drug-likeness (QED) is 0.917. The smallest absolute Gasteiger partial charge is 0.231 e. The number of ether oxygens (including phenoxy) is 2. The highest BCUT2D eigenvalue weighted by molar-refractivity contribution is 7.08. The van der Waals surface area contributed by atoms with E-state index in [0.717, 1.165) is 30.2 Å². The summed E-state index contributed by atoms with van der Waals surface area (Å²) in [6.07, 6.45) is 0. The van der Waals surface area contributed by atoms with Crippen LogP contribution in [0.15, 0.2) is 29.0 Å². The molecule has 1 aromatic carbocycles. The number of aryl methyl sites for hydroxylation is 1. The molecule has 18 heavy (non-hydrogen) atoms. The summed E-state index contributed by atoms with van der Waals surface area (Å²) in [6, 6.07) is 6.01. The molecule has 0 fully saturated rings. The molecule has 1 aliphatic heterocycles. The summed E-state index contributed by atoms with van der Waals surface area (Å²) in [5.74, 6) is 1.73. The van der Waals surface area contributed by atoms with Crippen molar-refractivity contribution in [1.29, 1.82) is 0 Å². The standard InChI is InChI=1S/C14H15NO2S/c1-10-7-18-8-12(10)6-15-5-11-3-2-4-13-14(11)17-9-16-13/h2-4,7-8,15H,5-6,9H2,1H3. The average Bonchev–Trinajstić information content (AvgIpc) is 2.99. The third-order valence-electron chi connectivity index (χ3n) is 3.07. The fourth-order valence-corrected chi connectivity index (χ4v) is 2.89. The largest absolute Gasteiger partial charge is 0.454 e. The van der Waals surface area contributed by atoms with Crippen LogP contribution in [-0.2, 0) is 13.1 Å². The summed E-state index contributed by atoms with van der Waals surface area (Å²) in [6.45, 7) is 4.16. The van der Waals surface area contributed by atoms with Gasteiger partial charge in [-0.2, -0.15) is 11.3 Å². The van der Waals surface area contributed by atoms with E-state index >= 15 is 0 Å². The molecule has 1 aromatic heterocycles. The Bertz CT molecular complexity index is 550. The van der Waals surface area contributed by atoms with Gasteiger partial charge in [-0.3, -0.25) is 0 Å². The minimum atomic E-state index is 0.329. The second-order valence-corrected chi connectivity index (χ2v) is 5.08. The predicted octanol–water partition coefficient (Wildman–Crippen LogP) is 3.08. The Hall–Kier alpha value is -1.52. The monoisotopic (exact) mass is 261 g/mol. The van der Waals surface area contributed by atoms with Crippen LogP contribution >= 0.6 is 11.3 Å². The molecule has 1 aliphatic rings. The topological polar surface area (TPSA) is 30.5 Å². The van der Waals surface area contributed by atoms with E-state index in [2.05, 4.69) is 29.1 Å². The first-order chi connectivity index (χ1) is 8.84. The predicted molar refractivity (Wildman–Crippen MR) is 72.2 cm³/mol. The first-order valence-electron chi connectivity index (χ1n) is 5.94. The van der Waals surface area contributed by atoms with Crippen molar-refractivity contribution in [1.82, 2.24) is 5.32 Å². The van der Waals surface area contributed by atoms with Crippen LogP contribution < -0.4 is 14.8 Å². The number of rotatable bonds is 4. The molecule has 3 nitrogen and oxygen atoms in total. The van der Waals surface area contributed by atoms with E-state index < -0.39 is 0 Å². The van der Waals surface area contributed by atoms with Crippen LogP contribution in [0.1, 0.15) is 16.7 Å². The van der Waals surface area contributed by atoms with Gasteiger partial charge < -0.3 is 14.8 Å². The van der Waals surface area contributed by atoms with Gasteiger partial charge in [-0.15, -0.1) is 0 Å². The van der Waals surface area contributed by atoms with Crippen LogP contribution in [0.2, 0.25) is 0 Å². The van der Waals surface area contributed by atoms with Crippen molar-refractivity contribution in [3.05, 3.63) is 45.6 Å². The van der Waals surface area contributed by atoms with Gasteiger partial charge in [0.15, 0.2) is 11.5 Å². The molecule has 0 atom stereocenters. The highest BCUT2D eigenvalue weighted by Gasteiger charge is 2.16. The van der Waals surface area contributed by atoms with Gasteiger partial charge >= 0.3 is 0 Å². The zero-order valence-corrected chi connectivity index (χ0v) is 11.0. The van der Waals surface area contributed by atoms with Crippen LogP contribution in [0.5, 0.6) is 11.5 Å². The zero-order valence-electron chi connectivity index (χ0n) is 10.2. The Morgan fingerprint density at radius 2 is 2.06 bits per heavy atom. The summed E-state index contributed by atoms with van der Waals surface area (Å²) in [7, 11) is 0. The van der Waals surface area contributed by atoms with Crippen molar-refractivity contribution in [2.45, 2.75) is 20.0 Å². The third kappa shape index (κ3) is 2.21. The lowest BCUT2D eigenvalue weighted by molar-refractivity contribution is 0.173. The zero-order chi connectivity index (χ0) is 12.4.